The minimum atomic E-state index is 0.408. The van der Waals surface area contributed by atoms with Crippen molar-refractivity contribution in [2.24, 2.45) is 5.84 Å². The average molecular weight is 202 g/mol. The SMILES string of the molecule is CCOCc1nc(NN)ccc1Cl. The first-order valence-corrected chi connectivity index (χ1v) is 4.35. The number of hydrogen-bond acceptors (Lipinski definition) is 4. The van der Waals surface area contributed by atoms with Crippen molar-refractivity contribution in [3.8, 4) is 0 Å². The van der Waals surface area contributed by atoms with Gasteiger partial charge in [-0.15, -0.1) is 0 Å². The standard InChI is InChI=1S/C8H12ClN3O/c1-2-13-5-7-6(9)3-4-8(11-7)12-10/h3-4H,2,5,10H2,1H3,(H,11,12). The molecule has 1 aromatic heterocycles. The number of hydrogen-bond donors (Lipinski definition) is 2. The van der Waals surface area contributed by atoms with Crippen molar-refractivity contribution < 1.29 is 4.74 Å². The average Bonchev–Trinajstić information content (AvgIpc) is 2.17. The van der Waals surface area contributed by atoms with Crippen molar-refractivity contribution in [2.75, 3.05) is 12.0 Å². The maximum absolute atomic E-state index is 5.88. The van der Waals surface area contributed by atoms with Crippen molar-refractivity contribution in [3.05, 3.63) is 22.8 Å². The van der Waals surface area contributed by atoms with Crippen molar-refractivity contribution in [2.45, 2.75) is 13.5 Å². The summed E-state index contributed by atoms with van der Waals surface area (Å²) in [5.74, 6) is 5.78. The molecule has 1 rings (SSSR count). The van der Waals surface area contributed by atoms with Crippen LogP contribution in [0.15, 0.2) is 12.1 Å². The van der Waals surface area contributed by atoms with Gasteiger partial charge in [-0.1, -0.05) is 11.6 Å². The van der Waals surface area contributed by atoms with Crippen LogP contribution < -0.4 is 11.3 Å². The van der Waals surface area contributed by atoms with Gasteiger partial charge in [0.05, 0.1) is 17.3 Å². The molecule has 5 heteroatoms. The molecule has 1 aromatic rings. The van der Waals surface area contributed by atoms with Crippen LogP contribution in [0.5, 0.6) is 0 Å². The molecular weight excluding hydrogens is 190 g/mol. The lowest BCUT2D eigenvalue weighted by Gasteiger charge is -2.05. The lowest BCUT2D eigenvalue weighted by Crippen LogP contribution is -2.09. The van der Waals surface area contributed by atoms with Gasteiger partial charge in [-0.05, 0) is 19.1 Å². The molecule has 13 heavy (non-hydrogen) atoms. The van der Waals surface area contributed by atoms with Crippen molar-refractivity contribution >= 4 is 17.4 Å². The van der Waals surface area contributed by atoms with Gasteiger partial charge in [-0.25, -0.2) is 10.8 Å². The molecule has 0 radical (unpaired) electrons. The molecule has 0 fully saturated rings. The lowest BCUT2D eigenvalue weighted by atomic mass is 10.3. The highest BCUT2D eigenvalue weighted by Crippen LogP contribution is 2.16. The van der Waals surface area contributed by atoms with Crippen LogP contribution in [-0.4, -0.2) is 11.6 Å². The number of nitrogens with zero attached hydrogens (tertiary/aromatic N) is 1. The van der Waals surface area contributed by atoms with Crippen molar-refractivity contribution in [3.63, 3.8) is 0 Å². The van der Waals surface area contributed by atoms with E-state index in [4.69, 9.17) is 22.2 Å². The zero-order chi connectivity index (χ0) is 9.68. The summed E-state index contributed by atoms with van der Waals surface area (Å²) in [5.41, 5.74) is 3.14. The van der Waals surface area contributed by atoms with E-state index in [-0.39, 0.29) is 0 Å². The number of aromatic nitrogens is 1. The van der Waals surface area contributed by atoms with E-state index in [1.807, 2.05) is 6.92 Å². The molecule has 0 saturated heterocycles. The zero-order valence-corrected chi connectivity index (χ0v) is 8.14. The van der Waals surface area contributed by atoms with Crippen molar-refractivity contribution in [1.29, 1.82) is 0 Å². The second kappa shape index (κ2) is 5.01. The maximum Gasteiger partial charge on any atom is 0.140 e. The number of rotatable bonds is 4. The second-order valence-electron chi connectivity index (χ2n) is 2.41. The first-order valence-electron chi connectivity index (χ1n) is 3.97. The Morgan fingerprint density at radius 2 is 2.38 bits per heavy atom. The third-order valence-electron chi connectivity index (χ3n) is 1.51. The summed E-state index contributed by atoms with van der Waals surface area (Å²) < 4.78 is 5.18. The summed E-state index contributed by atoms with van der Waals surface area (Å²) in [6, 6.07) is 3.44. The third kappa shape index (κ3) is 2.84. The van der Waals surface area contributed by atoms with Crippen LogP contribution >= 0.6 is 11.6 Å². The summed E-state index contributed by atoms with van der Waals surface area (Å²) in [5, 5.41) is 0.590. The van der Waals surface area contributed by atoms with E-state index in [1.54, 1.807) is 12.1 Å². The molecule has 0 bridgehead atoms. The van der Waals surface area contributed by atoms with Crippen LogP contribution in [0, 0.1) is 0 Å². The van der Waals surface area contributed by atoms with Crippen LogP contribution in [0.25, 0.3) is 0 Å². The predicted octanol–water partition coefficient (Wildman–Crippen LogP) is 1.56. The Morgan fingerprint density at radius 3 is 3.00 bits per heavy atom. The van der Waals surface area contributed by atoms with E-state index < -0.39 is 0 Å². The number of nitrogens with one attached hydrogen (secondary N) is 1. The number of halogens is 1. The van der Waals surface area contributed by atoms with E-state index in [0.29, 0.717) is 29.7 Å². The molecule has 0 amide bonds. The molecular formula is C8H12ClN3O. The van der Waals surface area contributed by atoms with Gasteiger partial charge in [0.15, 0.2) is 0 Å². The smallest absolute Gasteiger partial charge is 0.140 e. The largest absolute Gasteiger partial charge is 0.375 e. The first-order chi connectivity index (χ1) is 6.27. The van der Waals surface area contributed by atoms with Gasteiger partial charge in [0, 0.05) is 6.61 Å². The highest BCUT2D eigenvalue weighted by atomic mass is 35.5. The van der Waals surface area contributed by atoms with Crippen LogP contribution in [0.3, 0.4) is 0 Å². The summed E-state index contributed by atoms with van der Waals surface area (Å²) in [7, 11) is 0. The number of pyridine rings is 1. The van der Waals surface area contributed by atoms with Gasteiger partial charge in [0.1, 0.15) is 5.82 Å². The normalized spacial score (nSPS) is 10.1. The highest BCUT2D eigenvalue weighted by Gasteiger charge is 2.02. The maximum atomic E-state index is 5.88. The van der Waals surface area contributed by atoms with Gasteiger partial charge in [-0.3, -0.25) is 0 Å². The molecule has 3 N–H and O–H groups in total. The zero-order valence-electron chi connectivity index (χ0n) is 7.38. The Balaban J connectivity index is 2.78. The Kier molecular flexibility index (Phi) is 3.95. The Hall–Kier alpha value is -0.840. The van der Waals surface area contributed by atoms with Gasteiger partial charge in [0.2, 0.25) is 0 Å². The number of hydrazine groups is 1. The Bertz CT molecular complexity index is 280. The van der Waals surface area contributed by atoms with E-state index in [1.165, 1.54) is 0 Å². The molecule has 0 aliphatic rings. The molecule has 1 heterocycles. The summed E-state index contributed by atoms with van der Waals surface area (Å²) in [6.07, 6.45) is 0. The minimum Gasteiger partial charge on any atom is -0.375 e. The molecule has 0 unspecified atom stereocenters. The third-order valence-corrected chi connectivity index (χ3v) is 1.85. The molecule has 0 aliphatic carbocycles. The second-order valence-corrected chi connectivity index (χ2v) is 2.81. The number of ether oxygens (including phenoxy) is 1. The van der Waals surface area contributed by atoms with E-state index in [0.717, 1.165) is 0 Å². The van der Waals surface area contributed by atoms with Gasteiger partial charge >= 0.3 is 0 Å². The topological polar surface area (TPSA) is 60.2 Å². The molecule has 72 valence electrons. The van der Waals surface area contributed by atoms with Gasteiger partial charge in [-0.2, -0.15) is 0 Å². The van der Waals surface area contributed by atoms with Gasteiger partial charge in [0.25, 0.3) is 0 Å². The Labute approximate surface area is 82.0 Å². The number of nitrogens with two attached hydrogens (primary N) is 1. The fourth-order valence-electron chi connectivity index (χ4n) is 0.865. The van der Waals surface area contributed by atoms with E-state index >= 15 is 0 Å². The van der Waals surface area contributed by atoms with E-state index in [9.17, 15) is 0 Å². The summed E-state index contributed by atoms with van der Waals surface area (Å²) in [6.45, 7) is 2.96. The number of anilines is 1. The van der Waals surface area contributed by atoms with E-state index in [2.05, 4.69) is 10.4 Å². The van der Waals surface area contributed by atoms with Crippen LogP contribution in [0.1, 0.15) is 12.6 Å². The van der Waals surface area contributed by atoms with Crippen LogP contribution in [0.4, 0.5) is 5.82 Å². The molecule has 0 saturated carbocycles. The molecule has 0 spiro atoms. The fourth-order valence-corrected chi connectivity index (χ4v) is 1.02. The predicted molar refractivity (Wildman–Crippen MR) is 52.4 cm³/mol. The van der Waals surface area contributed by atoms with Crippen LogP contribution in [-0.2, 0) is 11.3 Å². The molecule has 0 aliphatic heterocycles. The fraction of sp³-hybridized carbons (Fsp3) is 0.375. The lowest BCUT2D eigenvalue weighted by molar-refractivity contribution is 0.131. The first kappa shape index (κ1) is 10.2. The quantitative estimate of drug-likeness (QED) is 0.573. The summed E-state index contributed by atoms with van der Waals surface area (Å²) in [4.78, 5) is 4.14. The Morgan fingerprint density at radius 1 is 1.62 bits per heavy atom. The molecule has 0 atom stereocenters. The van der Waals surface area contributed by atoms with Gasteiger partial charge < -0.3 is 10.2 Å². The van der Waals surface area contributed by atoms with Crippen molar-refractivity contribution in [1.82, 2.24) is 4.98 Å². The highest BCUT2D eigenvalue weighted by molar-refractivity contribution is 6.31. The summed E-state index contributed by atoms with van der Waals surface area (Å²) >= 11 is 5.88. The molecule has 4 nitrogen and oxygen atoms in total. The minimum absolute atomic E-state index is 0.408. The molecule has 0 aromatic carbocycles. The van der Waals surface area contributed by atoms with Crippen LogP contribution in [0.2, 0.25) is 5.02 Å². The monoisotopic (exact) mass is 201 g/mol. The number of nitrogen functional groups attached to an aromatic ring is 1.